The van der Waals surface area contributed by atoms with Crippen LogP contribution in [0.25, 0.3) is 0 Å². The minimum absolute atomic E-state index is 0.000489. The zero-order valence-electron chi connectivity index (χ0n) is 17.7. The highest BCUT2D eigenvalue weighted by molar-refractivity contribution is 7.91. The smallest absolute Gasteiger partial charge is 0.259 e. The summed E-state index contributed by atoms with van der Waals surface area (Å²) < 4.78 is 25.3. The number of carbonyl (C=O) groups excluding carboxylic acids is 1. The Bertz CT molecular complexity index is 1440. The molecule has 4 rings (SSSR count). The Morgan fingerprint density at radius 1 is 0.824 bits per heavy atom. The Morgan fingerprint density at radius 2 is 1.50 bits per heavy atom. The Labute approximate surface area is 195 Å². The number of aromatic nitrogens is 1. The first-order valence-electron chi connectivity index (χ1n) is 10.2. The fourth-order valence-corrected chi connectivity index (χ4v) is 4.56. The van der Waals surface area contributed by atoms with Crippen LogP contribution < -0.4 is 5.32 Å². The number of anilines is 1. The van der Waals surface area contributed by atoms with Crippen molar-refractivity contribution in [2.75, 3.05) is 5.32 Å². The van der Waals surface area contributed by atoms with Gasteiger partial charge < -0.3 is 20.6 Å². The summed E-state index contributed by atoms with van der Waals surface area (Å²) in [6.07, 6.45) is 1.61. The monoisotopic (exact) mass is 476 g/mol. The molecular weight excluding hydrogens is 456 g/mol. The van der Waals surface area contributed by atoms with Crippen molar-refractivity contribution in [3.63, 3.8) is 0 Å². The predicted octanol–water partition coefficient (Wildman–Crippen LogP) is 3.87. The van der Waals surface area contributed by atoms with Crippen molar-refractivity contribution < 1.29 is 28.5 Å². The molecule has 0 spiro atoms. The van der Waals surface area contributed by atoms with Crippen molar-refractivity contribution in [2.24, 2.45) is 0 Å². The van der Waals surface area contributed by atoms with Crippen LogP contribution in [0.1, 0.15) is 21.5 Å². The van der Waals surface area contributed by atoms with E-state index in [9.17, 15) is 28.5 Å². The van der Waals surface area contributed by atoms with Crippen molar-refractivity contribution in [1.29, 1.82) is 0 Å². The molecule has 0 aliphatic heterocycles. The van der Waals surface area contributed by atoms with Gasteiger partial charge in [-0.2, -0.15) is 0 Å². The molecule has 0 fully saturated rings. The third-order valence-corrected chi connectivity index (χ3v) is 6.83. The summed E-state index contributed by atoms with van der Waals surface area (Å²) in [5.74, 6) is -2.82. The van der Waals surface area contributed by atoms with Gasteiger partial charge in [-0.05, 0) is 48.0 Å². The number of pyridine rings is 1. The maximum absolute atomic E-state index is 12.8. The van der Waals surface area contributed by atoms with Gasteiger partial charge in [0.25, 0.3) is 5.91 Å². The van der Waals surface area contributed by atoms with E-state index in [0.29, 0.717) is 0 Å². The van der Waals surface area contributed by atoms with E-state index < -0.39 is 33.0 Å². The van der Waals surface area contributed by atoms with Gasteiger partial charge in [0.15, 0.2) is 16.5 Å². The lowest BCUT2D eigenvalue weighted by atomic mass is 10.00. The molecule has 0 atom stereocenters. The molecule has 0 saturated heterocycles. The number of amides is 1. The minimum atomic E-state index is -3.81. The van der Waals surface area contributed by atoms with Gasteiger partial charge in [0.1, 0.15) is 0 Å². The number of nitrogens with one attached hydrogen (secondary N) is 1. The quantitative estimate of drug-likeness (QED) is 0.310. The number of hydrogen-bond donors (Lipinski definition) is 4. The number of sulfone groups is 1. The Morgan fingerprint density at radius 3 is 2.15 bits per heavy atom. The summed E-state index contributed by atoms with van der Waals surface area (Å²) in [6.45, 7) is 0. The van der Waals surface area contributed by atoms with E-state index in [0.717, 1.165) is 5.56 Å². The third-order valence-electron chi connectivity index (χ3n) is 5.14. The molecule has 4 aromatic rings. The Kier molecular flexibility index (Phi) is 6.20. The maximum atomic E-state index is 12.8. The Hall–Kier alpha value is -4.37. The highest BCUT2D eigenvalue weighted by Crippen LogP contribution is 2.41. The molecule has 1 aromatic heterocycles. The molecule has 3 aromatic carbocycles. The number of phenolic OH excluding ortho intramolecular Hbond substituents is 3. The first kappa shape index (κ1) is 22.8. The molecule has 1 heterocycles. The molecule has 0 bridgehead atoms. The molecule has 9 heteroatoms. The number of nitrogens with zero attached hydrogens (tertiary/aromatic N) is 1. The second-order valence-electron chi connectivity index (χ2n) is 7.44. The summed E-state index contributed by atoms with van der Waals surface area (Å²) >= 11 is 0. The third kappa shape index (κ3) is 4.55. The first-order valence-corrected chi connectivity index (χ1v) is 11.6. The van der Waals surface area contributed by atoms with Crippen LogP contribution in [0.15, 0.2) is 95.0 Å². The maximum Gasteiger partial charge on any atom is 0.259 e. The summed E-state index contributed by atoms with van der Waals surface area (Å²) in [5.41, 5.74) is 1.11. The zero-order valence-corrected chi connectivity index (χ0v) is 18.5. The van der Waals surface area contributed by atoms with Crippen LogP contribution >= 0.6 is 0 Å². The molecule has 34 heavy (non-hydrogen) atoms. The van der Waals surface area contributed by atoms with Crippen LogP contribution in [0.5, 0.6) is 17.2 Å². The van der Waals surface area contributed by atoms with E-state index in [1.54, 1.807) is 12.1 Å². The van der Waals surface area contributed by atoms with Gasteiger partial charge in [0.2, 0.25) is 15.6 Å². The van der Waals surface area contributed by atoms with Crippen molar-refractivity contribution in [1.82, 2.24) is 4.98 Å². The summed E-state index contributed by atoms with van der Waals surface area (Å²) in [7, 11) is -3.81. The molecule has 8 nitrogen and oxygen atoms in total. The van der Waals surface area contributed by atoms with Crippen LogP contribution in [0.3, 0.4) is 0 Å². The lowest BCUT2D eigenvalue weighted by Gasteiger charge is -2.13. The van der Waals surface area contributed by atoms with E-state index in [1.165, 1.54) is 42.6 Å². The van der Waals surface area contributed by atoms with Crippen molar-refractivity contribution >= 4 is 21.4 Å². The SMILES string of the molecule is O=C(Nc1ccc(S(=O)(=O)c2ccccn2)cc1)c1cc(Cc2ccccc2)c(O)c(O)c1O. The van der Waals surface area contributed by atoms with Crippen molar-refractivity contribution in [3.8, 4) is 17.2 Å². The fraction of sp³-hybridized carbons (Fsp3) is 0.0400. The highest BCUT2D eigenvalue weighted by Gasteiger charge is 2.22. The van der Waals surface area contributed by atoms with E-state index >= 15 is 0 Å². The second-order valence-corrected chi connectivity index (χ2v) is 9.34. The number of hydrogen-bond acceptors (Lipinski definition) is 7. The van der Waals surface area contributed by atoms with Crippen LogP contribution in [0.2, 0.25) is 0 Å². The lowest BCUT2D eigenvalue weighted by molar-refractivity contribution is 0.102. The summed E-state index contributed by atoms with van der Waals surface area (Å²) in [4.78, 5) is 16.7. The topological polar surface area (TPSA) is 137 Å². The summed E-state index contributed by atoms with van der Waals surface area (Å²) in [6, 6.07) is 20.4. The molecule has 0 aliphatic carbocycles. The van der Waals surface area contributed by atoms with Crippen LogP contribution in [-0.4, -0.2) is 34.6 Å². The standard InChI is InChI=1S/C25H20N2O6S/c28-22-17(14-16-6-2-1-3-7-16)15-20(23(29)24(22)30)25(31)27-18-9-11-19(12-10-18)34(32,33)21-8-4-5-13-26-21/h1-13,15,28-30H,14H2,(H,27,31). The van der Waals surface area contributed by atoms with Crippen molar-refractivity contribution in [2.45, 2.75) is 16.3 Å². The normalized spacial score (nSPS) is 11.2. The number of aromatic hydroxyl groups is 3. The van der Waals surface area contributed by atoms with Gasteiger partial charge in [0, 0.05) is 23.9 Å². The van der Waals surface area contributed by atoms with E-state index in [-0.39, 0.29) is 33.2 Å². The zero-order chi connectivity index (χ0) is 24.3. The van der Waals surface area contributed by atoms with E-state index in [2.05, 4.69) is 10.3 Å². The molecule has 0 radical (unpaired) electrons. The second kappa shape index (κ2) is 9.24. The molecule has 1 amide bonds. The minimum Gasteiger partial charge on any atom is -0.504 e. The van der Waals surface area contributed by atoms with E-state index in [1.807, 2.05) is 30.3 Å². The molecule has 0 unspecified atom stereocenters. The predicted molar refractivity (Wildman–Crippen MR) is 125 cm³/mol. The molecule has 4 N–H and O–H groups in total. The number of phenols is 3. The van der Waals surface area contributed by atoms with E-state index in [4.69, 9.17) is 0 Å². The van der Waals surface area contributed by atoms with Crippen molar-refractivity contribution in [3.05, 3.63) is 102 Å². The molecule has 0 saturated carbocycles. The summed E-state index contributed by atoms with van der Waals surface area (Å²) in [5, 5.41) is 33.1. The van der Waals surface area contributed by atoms with Crippen LogP contribution in [-0.2, 0) is 16.3 Å². The number of rotatable bonds is 6. The van der Waals surface area contributed by atoms with Gasteiger partial charge in [0.05, 0.1) is 10.5 Å². The van der Waals surface area contributed by atoms with Gasteiger partial charge in [-0.25, -0.2) is 13.4 Å². The van der Waals surface area contributed by atoms with Crippen LogP contribution in [0.4, 0.5) is 5.69 Å². The van der Waals surface area contributed by atoms with Gasteiger partial charge >= 0.3 is 0 Å². The van der Waals surface area contributed by atoms with Gasteiger partial charge in [-0.1, -0.05) is 36.4 Å². The fourth-order valence-electron chi connectivity index (χ4n) is 3.37. The molecule has 172 valence electrons. The Balaban J connectivity index is 1.58. The molecule has 0 aliphatic rings. The number of carbonyl (C=O) groups is 1. The van der Waals surface area contributed by atoms with Gasteiger partial charge in [-0.3, -0.25) is 4.79 Å². The highest BCUT2D eigenvalue weighted by atomic mass is 32.2. The largest absolute Gasteiger partial charge is 0.504 e. The average molecular weight is 477 g/mol. The van der Waals surface area contributed by atoms with Gasteiger partial charge in [-0.15, -0.1) is 0 Å². The molecular formula is C25H20N2O6S. The van der Waals surface area contributed by atoms with Crippen LogP contribution in [0, 0.1) is 0 Å². The lowest BCUT2D eigenvalue weighted by Crippen LogP contribution is -2.13. The first-order chi connectivity index (χ1) is 16.3. The average Bonchev–Trinajstić information content (AvgIpc) is 2.86. The number of benzene rings is 3.